The minimum Gasteiger partial charge on any atom is -0.475 e. The zero-order valence-electron chi connectivity index (χ0n) is 9.81. The van der Waals surface area contributed by atoms with Crippen molar-refractivity contribution in [3.05, 3.63) is 39.9 Å². The molecule has 0 aliphatic carbocycles. The van der Waals surface area contributed by atoms with Crippen molar-refractivity contribution in [1.82, 2.24) is 4.98 Å². The number of aromatic carboxylic acids is 1. The highest BCUT2D eigenvalue weighted by atomic mass is 79.9. The number of rotatable bonds is 4. The van der Waals surface area contributed by atoms with E-state index in [0.717, 1.165) is 0 Å². The highest BCUT2D eigenvalue weighted by Crippen LogP contribution is 2.27. The lowest BCUT2D eigenvalue weighted by Gasteiger charge is -1.98. The fourth-order valence-corrected chi connectivity index (χ4v) is 1.86. The predicted octanol–water partition coefficient (Wildman–Crippen LogP) is 3.09. The van der Waals surface area contributed by atoms with Crippen molar-refractivity contribution >= 4 is 21.9 Å². The molecule has 0 atom stereocenters. The molecule has 19 heavy (non-hydrogen) atoms. The summed E-state index contributed by atoms with van der Waals surface area (Å²) >= 11 is 3.13. The molecule has 0 bridgehead atoms. The lowest BCUT2D eigenvalue weighted by molar-refractivity contribution is 0.0656. The summed E-state index contributed by atoms with van der Waals surface area (Å²) in [7, 11) is 1.40. The monoisotopic (exact) mass is 329 g/mol. The largest absolute Gasteiger partial charge is 0.475 e. The molecule has 1 N–H and O–H groups in total. The van der Waals surface area contributed by atoms with Crippen LogP contribution in [0.15, 0.2) is 27.1 Å². The van der Waals surface area contributed by atoms with Crippen LogP contribution in [0.3, 0.4) is 0 Å². The molecule has 0 aliphatic rings. The van der Waals surface area contributed by atoms with Crippen molar-refractivity contribution in [3.63, 3.8) is 0 Å². The number of nitrogens with zero attached hydrogens (tertiary/aromatic N) is 1. The van der Waals surface area contributed by atoms with Gasteiger partial charge in [-0.05, 0) is 18.2 Å². The second-order valence-corrected chi connectivity index (χ2v) is 4.57. The number of methoxy groups -OCH3 is 1. The number of aromatic nitrogens is 1. The molecular weight excluding hydrogens is 321 g/mol. The van der Waals surface area contributed by atoms with Crippen molar-refractivity contribution in [3.8, 4) is 11.5 Å². The van der Waals surface area contributed by atoms with Crippen LogP contribution in [0.4, 0.5) is 4.39 Å². The number of carboxylic acids is 1. The van der Waals surface area contributed by atoms with Gasteiger partial charge in [-0.25, -0.2) is 14.2 Å². The van der Waals surface area contributed by atoms with Crippen LogP contribution in [-0.2, 0) is 11.3 Å². The van der Waals surface area contributed by atoms with E-state index < -0.39 is 11.8 Å². The van der Waals surface area contributed by atoms with Crippen LogP contribution < -0.4 is 0 Å². The smallest absolute Gasteiger partial charge is 0.373 e. The summed E-state index contributed by atoms with van der Waals surface area (Å²) in [6, 6.07) is 4.31. The molecule has 100 valence electrons. The molecule has 0 unspecified atom stereocenters. The van der Waals surface area contributed by atoms with E-state index >= 15 is 0 Å². The fourth-order valence-electron chi connectivity index (χ4n) is 1.53. The molecule has 0 amide bonds. The number of oxazole rings is 1. The maximum atomic E-state index is 13.8. The Bertz CT molecular complexity index is 626. The molecule has 2 rings (SSSR count). The number of carbonyl (C=O) groups is 1. The molecule has 0 saturated heterocycles. The van der Waals surface area contributed by atoms with E-state index in [4.69, 9.17) is 14.3 Å². The molecule has 5 nitrogen and oxygen atoms in total. The van der Waals surface area contributed by atoms with Crippen molar-refractivity contribution < 1.29 is 23.4 Å². The summed E-state index contributed by atoms with van der Waals surface area (Å²) < 4.78 is 24.2. The Balaban J connectivity index is 2.50. The first-order valence-corrected chi connectivity index (χ1v) is 5.99. The Kier molecular flexibility index (Phi) is 3.96. The number of hydrogen-bond donors (Lipinski definition) is 1. The van der Waals surface area contributed by atoms with E-state index in [2.05, 4.69) is 20.9 Å². The van der Waals surface area contributed by atoms with Gasteiger partial charge in [-0.1, -0.05) is 15.9 Å². The zero-order chi connectivity index (χ0) is 14.0. The molecule has 0 radical (unpaired) electrons. The Hall–Kier alpha value is -1.73. The summed E-state index contributed by atoms with van der Waals surface area (Å²) in [6.45, 7) is -0.0245. The molecule has 0 spiro atoms. The van der Waals surface area contributed by atoms with E-state index in [9.17, 15) is 9.18 Å². The third-order valence-corrected chi connectivity index (χ3v) is 2.83. The van der Waals surface area contributed by atoms with Gasteiger partial charge in [-0.15, -0.1) is 0 Å². The number of carboxylic acid groups (broad SMARTS) is 1. The van der Waals surface area contributed by atoms with Gasteiger partial charge in [0, 0.05) is 11.6 Å². The first kappa shape index (κ1) is 13.7. The summed E-state index contributed by atoms with van der Waals surface area (Å²) in [6.07, 6.45) is 0. The Morgan fingerprint density at radius 1 is 1.58 bits per heavy atom. The van der Waals surface area contributed by atoms with E-state index in [1.165, 1.54) is 19.2 Å². The Morgan fingerprint density at radius 3 is 2.89 bits per heavy atom. The maximum Gasteiger partial charge on any atom is 0.373 e. The molecule has 2 aromatic rings. The van der Waals surface area contributed by atoms with Gasteiger partial charge in [-0.2, -0.15) is 0 Å². The van der Waals surface area contributed by atoms with Crippen molar-refractivity contribution in [2.75, 3.05) is 7.11 Å². The molecule has 1 heterocycles. The number of halogens is 2. The highest BCUT2D eigenvalue weighted by Gasteiger charge is 2.21. The second kappa shape index (κ2) is 5.50. The average Bonchev–Trinajstić information content (AvgIpc) is 2.73. The van der Waals surface area contributed by atoms with Gasteiger partial charge >= 0.3 is 5.97 Å². The second-order valence-electron chi connectivity index (χ2n) is 3.66. The van der Waals surface area contributed by atoms with E-state index in [1.807, 2.05) is 0 Å². The van der Waals surface area contributed by atoms with E-state index in [0.29, 0.717) is 4.47 Å². The third-order valence-electron chi connectivity index (χ3n) is 2.33. The summed E-state index contributed by atoms with van der Waals surface area (Å²) in [5.41, 5.74) is 0.209. The molecule has 0 fully saturated rings. The SMILES string of the molecule is COCc1nc(-c2ccc(Br)cc2F)oc1C(=O)O. The van der Waals surface area contributed by atoms with Gasteiger partial charge in [0.25, 0.3) is 0 Å². The Labute approximate surface area is 116 Å². The van der Waals surface area contributed by atoms with Crippen LogP contribution >= 0.6 is 15.9 Å². The molecule has 1 aromatic carbocycles. The molecule has 7 heteroatoms. The van der Waals surface area contributed by atoms with Crippen LogP contribution in [-0.4, -0.2) is 23.2 Å². The van der Waals surface area contributed by atoms with Gasteiger partial charge in [-0.3, -0.25) is 0 Å². The minimum absolute atomic E-state index is 0.0245. The lowest BCUT2D eigenvalue weighted by atomic mass is 10.2. The van der Waals surface area contributed by atoms with Crippen molar-refractivity contribution in [1.29, 1.82) is 0 Å². The Morgan fingerprint density at radius 2 is 2.32 bits per heavy atom. The van der Waals surface area contributed by atoms with Gasteiger partial charge in [0.2, 0.25) is 11.7 Å². The molecule has 0 aliphatic heterocycles. The van der Waals surface area contributed by atoms with Gasteiger partial charge < -0.3 is 14.3 Å². The number of ether oxygens (including phenoxy) is 1. The first-order chi connectivity index (χ1) is 9.02. The average molecular weight is 330 g/mol. The predicted molar refractivity (Wildman–Crippen MR) is 67.3 cm³/mol. The van der Waals surface area contributed by atoms with E-state index in [-0.39, 0.29) is 29.5 Å². The van der Waals surface area contributed by atoms with Crippen LogP contribution in [0.25, 0.3) is 11.5 Å². The van der Waals surface area contributed by atoms with Gasteiger partial charge in [0.1, 0.15) is 11.5 Å². The van der Waals surface area contributed by atoms with Crippen LogP contribution in [0, 0.1) is 5.82 Å². The standard InChI is InChI=1S/C12H9BrFNO4/c1-18-5-9-10(12(16)17)19-11(15-9)7-3-2-6(13)4-8(7)14/h2-4H,5H2,1H3,(H,16,17). The van der Waals surface area contributed by atoms with E-state index in [1.54, 1.807) is 6.07 Å². The van der Waals surface area contributed by atoms with Crippen LogP contribution in [0.5, 0.6) is 0 Å². The van der Waals surface area contributed by atoms with Crippen molar-refractivity contribution in [2.24, 2.45) is 0 Å². The van der Waals surface area contributed by atoms with Gasteiger partial charge in [0.05, 0.1) is 12.2 Å². The normalized spacial score (nSPS) is 10.7. The first-order valence-electron chi connectivity index (χ1n) is 5.20. The molecular formula is C12H9BrFNO4. The molecule has 0 saturated carbocycles. The van der Waals surface area contributed by atoms with Crippen LogP contribution in [0.2, 0.25) is 0 Å². The highest BCUT2D eigenvalue weighted by molar-refractivity contribution is 9.10. The maximum absolute atomic E-state index is 13.8. The third kappa shape index (κ3) is 2.82. The summed E-state index contributed by atoms with van der Waals surface area (Å²) in [4.78, 5) is 14.9. The summed E-state index contributed by atoms with van der Waals surface area (Å²) in [5.74, 6) is -2.27. The minimum atomic E-state index is -1.27. The quantitative estimate of drug-likeness (QED) is 0.933. The topological polar surface area (TPSA) is 72.6 Å². The van der Waals surface area contributed by atoms with Gasteiger partial charge in [0.15, 0.2) is 0 Å². The zero-order valence-corrected chi connectivity index (χ0v) is 11.4. The summed E-state index contributed by atoms with van der Waals surface area (Å²) in [5, 5.41) is 8.98. The lowest BCUT2D eigenvalue weighted by Crippen LogP contribution is -2.00. The van der Waals surface area contributed by atoms with Crippen LogP contribution in [0.1, 0.15) is 16.2 Å². The number of hydrogen-bond acceptors (Lipinski definition) is 4. The number of benzene rings is 1. The van der Waals surface area contributed by atoms with Crippen molar-refractivity contribution in [2.45, 2.75) is 6.61 Å². The fraction of sp³-hybridized carbons (Fsp3) is 0.167. The molecule has 1 aromatic heterocycles.